The van der Waals surface area contributed by atoms with E-state index < -0.39 is 18.2 Å². The van der Waals surface area contributed by atoms with Crippen LogP contribution in [0.2, 0.25) is 0 Å². The first-order valence-corrected chi connectivity index (χ1v) is 5.23. The molecule has 0 amide bonds. The van der Waals surface area contributed by atoms with Gasteiger partial charge in [0.05, 0.1) is 17.9 Å². The molecular formula is C11H10F3N3O2. The summed E-state index contributed by atoms with van der Waals surface area (Å²) in [7, 11) is 0. The van der Waals surface area contributed by atoms with Crippen molar-refractivity contribution in [1.29, 1.82) is 0 Å². The molecule has 0 radical (unpaired) electrons. The zero-order chi connectivity index (χ0) is 13.8. The summed E-state index contributed by atoms with van der Waals surface area (Å²) in [5.74, 6) is -1.53. The molecule has 0 saturated carbocycles. The summed E-state index contributed by atoms with van der Waals surface area (Å²) >= 11 is 0. The topological polar surface area (TPSA) is 73.3 Å². The maximum Gasteiger partial charge on any atom is 0.387 e. The van der Waals surface area contributed by atoms with Gasteiger partial charge in [-0.3, -0.25) is 0 Å². The van der Waals surface area contributed by atoms with Crippen molar-refractivity contribution in [2.45, 2.75) is 13.2 Å². The Balaban J connectivity index is 2.15. The molecule has 1 aromatic heterocycles. The van der Waals surface area contributed by atoms with Gasteiger partial charge >= 0.3 is 6.61 Å². The minimum Gasteiger partial charge on any atom is -0.432 e. The van der Waals surface area contributed by atoms with E-state index in [1.807, 2.05) is 0 Å². The minimum atomic E-state index is -3.11. The van der Waals surface area contributed by atoms with E-state index in [9.17, 15) is 13.2 Å². The Morgan fingerprint density at radius 3 is 2.84 bits per heavy atom. The van der Waals surface area contributed by atoms with E-state index in [2.05, 4.69) is 19.7 Å². The molecular weight excluding hydrogens is 263 g/mol. The lowest BCUT2D eigenvalue weighted by atomic mass is 10.2. The second-order valence-electron chi connectivity index (χ2n) is 3.59. The Morgan fingerprint density at radius 2 is 2.21 bits per heavy atom. The smallest absolute Gasteiger partial charge is 0.387 e. The molecule has 0 fully saturated rings. The number of ether oxygens (including phenoxy) is 1. The van der Waals surface area contributed by atoms with Crippen molar-refractivity contribution < 1.29 is 22.4 Å². The lowest BCUT2D eigenvalue weighted by molar-refractivity contribution is -0.0521. The van der Waals surface area contributed by atoms with Gasteiger partial charge in [-0.15, -0.1) is 0 Å². The number of hydrogen-bond donors (Lipinski definition) is 2. The van der Waals surface area contributed by atoms with Gasteiger partial charge < -0.3 is 20.3 Å². The second-order valence-corrected chi connectivity index (χ2v) is 3.59. The molecule has 0 atom stereocenters. The van der Waals surface area contributed by atoms with Crippen molar-refractivity contribution in [3.8, 4) is 5.75 Å². The van der Waals surface area contributed by atoms with Gasteiger partial charge in [-0.05, 0) is 0 Å². The number of nitrogen functional groups attached to an aromatic ring is 1. The Morgan fingerprint density at radius 1 is 1.42 bits per heavy atom. The van der Waals surface area contributed by atoms with Gasteiger partial charge in [0.15, 0.2) is 11.6 Å². The number of nitrogens with zero attached hydrogens (tertiary/aromatic N) is 1. The quantitative estimate of drug-likeness (QED) is 0.819. The summed E-state index contributed by atoms with van der Waals surface area (Å²) in [6.07, 6.45) is 1.39. The summed E-state index contributed by atoms with van der Waals surface area (Å²) < 4.78 is 46.1. The Kier molecular flexibility index (Phi) is 3.79. The molecule has 0 bridgehead atoms. The maximum atomic E-state index is 13.3. The van der Waals surface area contributed by atoms with E-state index in [1.54, 1.807) is 6.07 Å². The third-order valence-corrected chi connectivity index (χ3v) is 2.27. The zero-order valence-electron chi connectivity index (χ0n) is 9.57. The molecule has 0 aliphatic heterocycles. The fourth-order valence-electron chi connectivity index (χ4n) is 1.42. The number of rotatable bonds is 5. The first-order chi connectivity index (χ1) is 9.06. The van der Waals surface area contributed by atoms with E-state index in [4.69, 9.17) is 5.73 Å². The van der Waals surface area contributed by atoms with Gasteiger partial charge in [0, 0.05) is 18.2 Å². The molecule has 0 saturated heterocycles. The van der Waals surface area contributed by atoms with Crippen LogP contribution >= 0.6 is 0 Å². The summed E-state index contributed by atoms with van der Waals surface area (Å²) in [5.41, 5.74) is 6.49. The minimum absolute atomic E-state index is 0.0719. The van der Waals surface area contributed by atoms with Crippen molar-refractivity contribution in [2.75, 3.05) is 11.1 Å². The van der Waals surface area contributed by atoms with Crippen LogP contribution < -0.4 is 15.8 Å². The van der Waals surface area contributed by atoms with Gasteiger partial charge in [0.1, 0.15) is 12.0 Å². The SMILES string of the molecule is Nc1cc(F)c(OC(F)F)cc1NCc1ccon1. The van der Waals surface area contributed by atoms with Gasteiger partial charge in [0.25, 0.3) is 0 Å². The number of nitrogens with one attached hydrogen (secondary N) is 1. The molecule has 0 aliphatic carbocycles. The molecule has 2 rings (SSSR count). The predicted octanol–water partition coefficient (Wildman–Crippen LogP) is 2.61. The Hall–Kier alpha value is -2.38. The van der Waals surface area contributed by atoms with Crippen LogP contribution in [0.15, 0.2) is 29.0 Å². The molecule has 0 spiro atoms. The number of anilines is 2. The van der Waals surface area contributed by atoms with E-state index >= 15 is 0 Å². The molecule has 19 heavy (non-hydrogen) atoms. The van der Waals surface area contributed by atoms with Crippen LogP contribution in [0.1, 0.15) is 5.69 Å². The average molecular weight is 273 g/mol. The normalized spacial score (nSPS) is 10.7. The second kappa shape index (κ2) is 5.51. The molecule has 1 heterocycles. The van der Waals surface area contributed by atoms with E-state index in [-0.39, 0.29) is 17.9 Å². The fraction of sp³-hybridized carbons (Fsp3) is 0.182. The van der Waals surface area contributed by atoms with Crippen LogP contribution in [-0.2, 0) is 6.54 Å². The number of benzene rings is 1. The third-order valence-electron chi connectivity index (χ3n) is 2.27. The van der Waals surface area contributed by atoms with E-state index in [0.29, 0.717) is 5.69 Å². The molecule has 8 heteroatoms. The molecule has 0 unspecified atom stereocenters. The fourth-order valence-corrected chi connectivity index (χ4v) is 1.42. The van der Waals surface area contributed by atoms with Crippen LogP contribution in [0.5, 0.6) is 5.75 Å². The lowest BCUT2D eigenvalue weighted by Gasteiger charge is -2.12. The Labute approximate surface area is 106 Å². The summed E-state index contributed by atoms with van der Waals surface area (Å²) in [6, 6.07) is 3.59. The van der Waals surface area contributed by atoms with E-state index in [1.165, 1.54) is 6.26 Å². The van der Waals surface area contributed by atoms with Crippen LogP contribution in [-0.4, -0.2) is 11.8 Å². The number of nitrogens with two attached hydrogens (primary N) is 1. The highest BCUT2D eigenvalue weighted by Crippen LogP contribution is 2.29. The highest BCUT2D eigenvalue weighted by atomic mass is 19.3. The van der Waals surface area contributed by atoms with Crippen molar-refractivity contribution in [3.05, 3.63) is 36.0 Å². The first-order valence-electron chi connectivity index (χ1n) is 5.23. The average Bonchev–Trinajstić information content (AvgIpc) is 2.83. The van der Waals surface area contributed by atoms with Crippen LogP contribution in [0, 0.1) is 5.82 Å². The summed E-state index contributed by atoms with van der Waals surface area (Å²) in [6.45, 7) is -2.86. The molecule has 5 nitrogen and oxygen atoms in total. The number of halogens is 3. The lowest BCUT2D eigenvalue weighted by Crippen LogP contribution is -2.07. The number of aromatic nitrogens is 1. The van der Waals surface area contributed by atoms with Crippen LogP contribution in [0.3, 0.4) is 0 Å². The molecule has 0 aliphatic rings. The Bertz CT molecular complexity index is 546. The zero-order valence-corrected chi connectivity index (χ0v) is 9.57. The van der Waals surface area contributed by atoms with Crippen molar-refractivity contribution in [3.63, 3.8) is 0 Å². The van der Waals surface area contributed by atoms with Crippen molar-refractivity contribution in [1.82, 2.24) is 5.16 Å². The summed E-state index contributed by atoms with van der Waals surface area (Å²) in [4.78, 5) is 0. The van der Waals surface area contributed by atoms with Crippen LogP contribution in [0.25, 0.3) is 0 Å². The summed E-state index contributed by atoms with van der Waals surface area (Å²) in [5, 5.41) is 6.46. The highest BCUT2D eigenvalue weighted by Gasteiger charge is 2.13. The van der Waals surface area contributed by atoms with E-state index in [0.717, 1.165) is 12.1 Å². The largest absolute Gasteiger partial charge is 0.432 e. The van der Waals surface area contributed by atoms with Crippen LogP contribution in [0.4, 0.5) is 24.5 Å². The molecule has 102 valence electrons. The number of hydrogen-bond acceptors (Lipinski definition) is 5. The molecule has 2 aromatic rings. The predicted molar refractivity (Wildman–Crippen MR) is 61.3 cm³/mol. The van der Waals surface area contributed by atoms with Gasteiger partial charge in [-0.2, -0.15) is 8.78 Å². The van der Waals surface area contributed by atoms with Gasteiger partial charge in [0.2, 0.25) is 0 Å². The van der Waals surface area contributed by atoms with Gasteiger partial charge in [-0.1, -0.05) is 5.16 Å². The molecule has 3 N–H and O–H groups in total. The van der Waals surface area contributed by atoms with Crippen molar-refractivity contribution in [2.24, 2.45) is 0 Å². The van der Waals surface area contributed by atoms with Crippen molar-refractivity contribution >= 4 is 11.4 Å². The standard InChI is InChI=1S/C11H10F3N3O2/c12-7-3-8(15)9(4-10(7)19-11(13)14)16-5-6-1-2-18-17-6/h1-4,11,16H,5,15H2. The molecule has 1 aromatic carbocycles. The van der Waals surface area contributed by atoms with Gasteiger partial charge in [-0.25, -0.2) is 4.39 Å². The first kappa shape index (κ1) is 13.1. The highest BCUT2D eigenvalue weighted by molar-refractivity contribution is 5.68. The third kappa shape index (κ3) is 3.30. The monoisotopic (exact) mass is 273 g/mol. The number of alkyl halides is 2. The maximum absolute atomic E-state index is 13.3.